The van der Waals surface area contributed by atoms with E-state index in [4.69, 9.17) is 0 Å². The first kappa shape index (κ1) is 20.3. The average molecular weight is 415 g/mol. The lowest BCUT2D eigenvalue weighted by Gasteiger charge is -2.11. The minimum Gasteiger partial charge on any atom is -0.406 e. The minimum absolute atomic E-state index is 0.0114. The maximum atomic E-state index is 12.4. The first-order valence-corrected chi connectivity index (χ1v) is 7.95. The summed E-state index contributed by atoms with van der Waals surface area (Å²) in [6.07, 6.45) is -8.49. The lowest BCUT2D eigenvalue weighted by Crippen LogP contribution is -2.17. The second kappa shape index (κ2) is 7.53. The van der Waals surface area contributed by atoms with E-state index in [1.54, 1.807) is 0 Å². The monoisotopic (exact) mass is 415 g/mol. The van der Waals surface area contributed by atoms with Crippen molar-refractivity contribution in [2.24, 2.45) is 0 Å². The largest absolute Gasteiger partial charge is 0.573 e. The number of H-pyrrole nitrogens is 1. The Morgan fingerprint density at radius 3 is 1.76 bits per heavy atom. The van der Waals surface area contributed by atoms with E-state index in [2.05, 4.69) is 14.5 Å². The molecular weight excluding hydrogens is 404 g/mol. The Hall–Kier alpha value is -3.43. The fraction of sp³-hybridized carbons (Fsp3) is 0.105. The van der Waals surface area contributed by atoms with E-state index in [1.165, 1.54) is 36.5 Å². The molecule has 0 bridgehead atoms. The van der Waals surface area contributed by atoms with Crippen LogP contribution in [-0.2, 0) is 0 Å². The van der Waals surface area contributed by atoms with Crippen LogP contribution in [0.25, 0.3) is 22.3 Å². The number of alkyl halides is 6. The van der Waals surface area contributed by atoms with Gasteiger partial charge in [0, 0.05) is 11.8 Å². The van der Waals surface area contributed by atoms with Gasteiger partial charge in [-0.3, -0.25) is 4.79 Å². The number of aromatic nitrogens is 1. The molecule has 0 aliphatic heterocycles. The second-order valence-corrected chi connectivity index (χ2v) is 5.78. The van der Waals surface area contributed by atoms with Gasteiger partial charge < -0.3 is 14.5 Å². The van der Waals surface area contributed by atoms with Crippen LogP contribution in [0.15, 0.2) is 65.6 Å². The van der Waals surface area contributed by atoms with E-state index in [0.717, 1.165) is 24.3 Å². The molecule has 0 spiro atoms. The summed E-state index contributed by atoms with van der Waals surface area (Å²) in [5, 5.41) is 0. The normalized spacial score (nSPS) is 11.9. The number of hydrogen-bond donors (Lipinski definition) is 1. The van der Waals surface area contributed by atoms with Gasteiger partial charge in [-0.2, -0.15) is 0 Å². The van der Waals surface area contributed by atoms with Gasteiger partial charge in [0.2, 0.25) is 0 Å². The molecular formula is C19H11F6NO3. The molecule has 0 amide bonds. The molecule has 1 N–H and O–H groups in total. The topological polar surface area (TPSA) is 51.3 Å². The quantitative estimate of drug-likeness (QED) is 0.572. The lowest BCUT2D eigenvalue weighted by atomic mass is 10.0. The van der Waals surface area contributed by atoms with E-state index in [-0.39, 0.29) is 11.1 Å². The van der Waals surface area contributed by atoms with Crippen LogP contribution >= 0.6 is 0 Å². The molecule has 0 unspecified atom stereocenters. The zero-order chi connectivity index (χ0) is 21.2. The summed E-state index contributed by atoms with van der Waals surface area (Å²) in [5.41, 5.74) is 0.178. The van der Waals surface area contributed by atoms with Crippen molar-refractivity contribution in [2.75, 3.05) is 0 Å². The minimum atomic E-state index is -4.90. The summed E-state index contributed by atoms with van der Waals surface area (Å²) in [7, 11) is 0. The number of ether oxygens (including phenoxy) is 2. The highest BCUT2D eigenvalue weighted by Gasteiger charge is 2.32. The number of rotatable bonds is 4. The standard InChI is InChI=1S/C19H11F6NO3/c20-18(21,22)28-14-5-1-3-11(7-14)13-9-16(17(27)26-10-13)12-4-2-6-15(8-12)29-19(23,24)25/h1-10H,(H,26,27). The number of aromatic amines is 1. The molecule has 0 saturated heterocycles. The number of halogens is 6. The third-order valence-electron chi connectivity index (χ3n) is 3.68. The molecule has 0 fully saturated rings. The molecule has 3 aromatic rings. The van der Waals surface area contributed by atoms with Crippen LogP contribution in [0.3, 0.4) is 0 Å². The molecule has 3 rings (SSSR count). The first-order valence-electron chi connectivity index (χ1n) is 7.95. The van der Waals surface area contributed by atoms with Crippen molar-refractivity contribution in [3.05, 3.63) is 71.1 Å². The predicted octanol–water partition coefficient (Wildman–Crippen LogP) is 5.51. The first-order chi connectivity index (χ1) is 13.5. The van der Waals surface area contributed by atoms with Crippen molar-refractivity contribution in [2.45, 2.75) is 12.7 Å². The van der Waals surface area contributed by atoms with Crippen molar-refractivity contribution in [3.8, 4) is 33.8 Å². The van der Waals surface area contributed by atoms with Gasteiger partial charge in [-0.25, -0.2) is 0 Å². The Labute approximate surface area is 159 Å². The zero-order valence-corrected chi connectivity index (χ0v) is 14.3. The summed E-state index contributed by atoms with van der Waals surface area (Å²) in [6.45, 7) is 0. The van der Waals surface area contributed by atoms with Crippen LogP contribution in [0.5, 0.6) is 11.5 Å². The Bertz CT molecular complexity index is 1070. The summed E-state index contributed by atoms with van der Waals surface area (Å²) < 4.78 is 82.2. The van der Waals surface area contributed by atoms with E-state index < -0.39 is 29.8 Å². The second-order valence-electron chi connectivity index (χ2n) is 5.78. The summed E-state index contributed by atoms with van der Waals surface area (Å²) >= 11 is 0. The molecule has 4 nitrogen and oxygen atoms in total. The zero-order valence-electron chi connectivity index (χ0n) is 14.3. The van der Waals surface area contributed by atoms with Crippen LogP contribution in [0.2, 0.25) is 0 Å². The number of nitrogens with one attached hydrogen (secondary N) is 1. The number of benzene rings is 2. The maximum absolute atomic E-state index is 12.4. The summed E-state index contributed by atoms with van der Waals surface area (Å²) in [5.74, 6) is -0.969. The summed E-state index contributed by atoms with van der Waals surface area (Å²) in [4.78, 5) is 14.6. The van der Waals surface area contributed by atoms with Crippen molar-refractivity contribution in [1.29, 1.82) is 0 Å². The van der Waals surface area contributed by atoms with Gasteiger partial charge in [0.05, 0.1) is 0 Å². The maximum Gasteiger partial charge on any atom is 0.573 e. The molecule has 29 heavy (non-hydrogen) atoms. The lowest BCUT2D eigenvalue weighted by molar-refractivity contribution is -0.275. The molecule has 0 aliphatic rings. The molecule has 1 aromatic heterocycles. The molecule has 2 aromatic carbocycles. The Balaban J connectivity index is 1.99. The van der Waals surface area contributed by atoms with Crippen LogP contribution in [0.4, 0.5) is 26.3 Å². The molecule has 0 radical (unpaired) electrons. The fourth-order valence-electron chi connectivity index (χ4n) is 2.60. The Kier molecular flexibility index (Phi) is 5.27. The molecule has 10 heteroatoms. The third kappa shape index (κ3) is 5.53. The number of hydrogen-bond acceptors (Lipinski definition) is 3. The van der Waals surface area contributed by atoms with Crippen LogP contribution in [-0.4, -0.2) is 17.7 Å². The predicted molar refractivity (Wildman–Crippen MR) is 91.3 cm³/mol. The van der Waals surface area contributed by atoms with Gasteiger partial charge in [-0.15, -0.1) is 26.3 Å². The van der Waals surface area contributed by atoms with Gasteiger partial charge in [0.1, 0.15) is 11.5 Å². The average Bonchev–Trinajstić information content (AvgIpc) is 2.59. The Morgan fingerprint density at radius 2 is 1.21 bits per heavy atom. The van der Waals surface area contributed by atoms with Gasteiger partial charge >= 0.3 is 12.7 Å². The number of pyridine rings is 1. The Morgan fingerprint density at radius 1 is 0.690 bits per heavy atom. The highest BCUT2D eigenvalue weighted by Crippen LogP contribution is 2.30. The highest BCUT2D eigenvalue weighted by atomic mass is 19.4. The fourth-order valence-corrected chi connectivity index (χ4v) is 2.60. The molecule has 1 heterocycles. The van der Waals surface area contributed by atoms with Gasteiger partial charge in [-0.05, 0) is 47.0 Å². The van der Waals surface area contributed by atoms with E-state index in [9.17, 15) is 31.1 Å². The smallest absolute Gasteiger partial charge is 0.406 e. The van der Waals surface area contributed by atoms with Crippen LogP contribution in [0, 0.1) is 0 Å². The van der Waals surface area contributed by atoms with E-state index in [1.807, 2.05) is 0 Å². The van der Waals surface area contributed by atoms with Crippen LogP contribution in [0.1, 0.15) is 0 Å². The van der Waals surface area contributed by atoms with Gasteiger partial charge in [-0.1, -0.05) is 24.3 Å². The SMILES string of the molecule is O=c1[nH]cc(-c2cccc(OC(F)(F)F)c2)cc1-c1cccc(OC(F)(F)F)c1. The van der Waals surface area contributed by atoms with Crippen molar-refractivity contribution in [3.63, 3.8) is 0 Å². The molecule has 0 aliphatic carbocycles. The molecule has 0 atom stereocenters. The van der Waals surface area contributed by atoms with Crippen molar-refractivity contribution in [1.82, 2.24) is 4.98 Å². The van der Waals surface area contributed by atoms with Crippen molar-refractivity contribution < 1.29 is 35.8 Å². The van der Waals surface area contributed by atoms with Gasteiger partial charge in [0.15, 0.2) is 0 Å². The van der Waals surface area contributed by atoms with Crippen LogP contribution < -0.4 is 15.0 Å². The highest BCUT2D eigenvalue weighted by molar-refractivity contribution is 5.73. The van der Waals surface area contributed by atoms with Crippen molar-refractivity contribution >= 4 is 0 Å². The summed E-state index contributed by atoms with van der Waals surface area (Å²) in [6, 6.07) is 11.2. The molecule has 0 saturated carbocycles. The van der Waals surface area contributed by atoms with E-state index >= 15 is 0 Å². The van der Waals surface area contributed by atoms with Gasteiger partial charge in [0.25, 0.3) is 5.56 Å². The third-order valence-corrected chi connectivity index (χ3v) is 3.68. The molecule has 152 valence electrons. The van der Waals surface area contributed by atoms with E-state index in [0.29, 0.717) is 11.1 Å².